The van der Waals surface area contributed by atoms with E-state index >= 15 is 0 Å². The zero-order chi connectivity index (χ0) is 17.4. The second kappa shape index (κ2) is 5.86. The van der Waals surface area contributed by atoms with Gasteiger partial charge in [0.25, 0.3) is 0 Å². The maximum atomic E-state index is 12.5. The van der Waals surface area contributed by atoms with Gasteiger partial charge in [-0.05, 0) is 24.3 Å². The lowest BCUT2D eigenvalue weighted by atomic mass is 10.2. The zero-order valence-corrected chi connectivity index (χ0v) is 13.7. The Morgan fingerprint density at radius 3 is 2.68 bits per heavy atom. The summed E-state index contributed by atoms with van der Waals surface area (Å²) in [6, 6.07) is 13.0. The second-order valence-corrected chi connectivity index (χ2v) is 5.70. The molecule has 124 valence electrons. The van der Waals surface area contributed by atoms with Crippen molar-refractivity contribution in [1.29, 1.82) is 0 Å². The van der Waals surface area contributed by atoms with Crippen molar-refractivity contribution in [3.8, 4) is 0 Å². The number of benzene rings is 1. The van der Waals surface area contributed by atoms with Gasteiger partial charge >= 0.3 is 5.97 Å². The summed E-state index contributed by atoms with van der Waals surface area (Å²) in [4.78, 5) is 23.0. The summed E-state index contributed by atoms with van der Waals surface area (Å²) in [5, 5.41) is 4.31. The molecule has 1 aliphatic heterocycles. The first-order valence-electron chi connectivity index (χ1n) is 7.72. The highest BCUT2D eigenvalue weighted by Crippen LogP contribution is 2.27. The van der Waals surface area contributed by atoms with Gasteiger partial charge in [-0.3, -0.25) is 0 Å². The van der Waals surface area contributed by atoms with Crippen LogP contribution in [0.15, 0.2) is 65.5 Å². The minimum absolute atomic E-state index is 0.233. The van der Waals surface area contributed by atoms with Gasteiger partial charge in [-0.2, -0.15) is 5.10 Å². The lowest BCUT2D eigenvalue weighted by Crippen LogP contribution is -2.16. The monoisotopic (exact) mass is 333 g/mol. The first-order chi connectivity index (χ1) is 12.1. The van der Waals surface area contributed by atoms with Crippen molar-refractivity contribution < 1.29 is 9.53 Å². The standard InChI is InChI=1S/C18H15N5O2/c1-22(2)16(13-11-19-14-9-6-10-20-23(13)14)15-18(24)25-17(21-15)12-7-4-3-5-8-12/h3-11H,1-2H3. The maximum Gasteiger partial charge on any atom is 0.366 e. The van der Waals surface area contributed by atoms with E-state index in [1.165, 1.54) is 0 Å². The molecule has 0 N–H and O–H groups in total. The molecule has 0 aliphatic carbocycles. The average Bonchev–Trinajstić information content (AvgIpc) is 3.21. The molecule has 0 saturated carbocycles. The van der Waals surface area contributed by atoms with Crippen molar-refractivity contribution in [2.45, 2.75) is 0 Å². The van der Waals surface area contributed by atoms with Crippen molar-refractivity contribution in [3.63, 3.8) is 0 Å². The molecular formula is C18H15N5O2. The van der Waals surface area contributed by atoms with E-state index in [1.807, 2.05) is 61.5 Å². The summed E-state index contributed by atoms with van der Waals surface area (Å²) in [6.45, 7) is 0. The topological polar surface area (TPSA) is 72.1 Å². The van der Waals surface area contributed by atoms with Crippen LogP contribution in [-0.4, -0.2) is 45.5 Å². The van der Waals surface area contributed by atoms with Gasteiger partial charge in [0.05, 0.1) is 11.9 Å². The summed E-state index contributed by atoms with van der Waals surface area (Å²) < 4.78 is 7.05. The van der Waals surface area contributed by atoms with Crippen LogP contribution in [0, 0.1) is 0 Å². The molecule has 2 aromatic heterocycles. The van der Waals surface area contributed by atoms with Crippen molar-refractivity contribution in [2.24, 2.45) is 4.99 Å². The van der Waals surface area contributed by atoms with Gasteiger partial charge in [-0.15, -0.1) is 0 Å². The number of hydrogen-bond acceptors (Lipinski definition) is 6. The minimum atomic E-state index is -0.492. The summed E-state index contributed by atoms with van der Waals surface area (Å²) >= 11 is 0. The number of hydrogen-bond donors (Lipinski definition) is 0. The molecule has 0 spiro atoms. The van der Waals surface area contributed by atoms with Gasteiger partial charge in [0.15, 0.2) is 11.3 Å². The summed E-state index contributed by atoms with van der Waals surface area (Å²) in [5.74, 6) is -0.199. The molecule has 0 amide bonds. The number of cyclic esters (lactones) is 1. The van der Waals surface area contributed by atoms with Crippen LogP contribution in [0.1, 0.15) is 11.3 Å². The molecule has 4 rings (SSSR count). The number of carbonyl (C=O) groups excluding carboxylic acids is 1. The number of nitrogens with zero attached hydrogens (tertiary/aromatic N) is 5. The molecule has 0 bridgehead atoms. The molecule has 7 nitrogen and oxygen atoms in total. The van der Waals surface area contributed by atoms with E-state index in [2.05, 4.69) is 15.1 Å². The van der Waals surface area contributed by atoms with E-state index in [0.717, 1.165) is 5.56 Å². The molecule has 3 heterocycles. The van der Waals surface area contributed by atoms with Gasteiger partial charge in [0, 0.05) is 25.9 Å². The predicted octanol–water partition coefficient (Wildman–Crippen LogP) is 1.96. The van der Waals surface area contributed by atoms with Gasteiger partial charge in [-0.25, -0.2) is 19.3 Å². The Balaban J connectivity index is 1.90. The molecule has 0 radical (unpaired) electrons. The minimum Gasteiger partial charge on any atom is -0.402 e. The third-order valence-corrected chi connectivity index (χ3v) is 3.81. The number of imidazole rings is 1. The van der Waals surface area contributed by atoms with Gasteiger partial charge in [0.1, 0.15) is 5.69 Å². The lowest BCUT2D eigenvalue weighted by Gasteiger charge is -2.16. The number of ether oxygens (including phenoxy) is 1. The third-order valence-electron chi connectivity index (χ3n) is 3.81. The first kappa shape index (κ1) is 15.1. The fourth-order valence-corrected chi connectivity index (χ4v) is 2.71. The maximum absolute atomic E-state index is 12.5. The third kappa shape index (κ3) is 2.55. The van der Waals surface area contributed by atoms with Crippen LogP contribution >= 0.6 is 0 Å². The fourth-order valence-electron chi connectivity index (χ4n) is 2.71. The van der Waals surface area contributed by atoms with Crippen LogP contribution in [0.4, 0.5) is 0 Å². The second-order valence-electron chi connectivity index (χ2n) is 5.70. The molecule has 0 unspecified atom stereocenters. The van der Waals surface area contributed by atoms with Crippen LogP contribution in [0.25, 0.3) is 11.3 Å². The zero-order valence-electron chi connectivity index (χ0n) is 13.7. The van der Waals surface area contributed by atoms with Crippen molar-refractivity contribution in [3.05, 3.63) is 71.8 Å². The van der Waals surface area contributed by atoms with Crippen molar-refractivity contribution >= 4 is 23.2 Å². The van der Waals surface area contributed by atoms with E-state index in [0.29, 0.717) is 22.9 Å². The molecule has 3 aromatic rings. The van der Waals surface area contributed by atoms with Gasteiger partial charge in [0.2, 0.25) is 5.90 Å². The number of rotatable bonds is 3. The van der Waals surface area contributed by atoms with Crippen LogP contribution in [0.2, 0.25) is 0 Å². The van der Waals surface area contributed by atoms with E-state index in [1.54, 1.807) is 16.9 Å². The molecule has 0 fully saturated rings. The van der Waals surface area contributed by atoms with E-state index < -0.39 is 5.97 Å². The van der Waals surface area contributed by atoms with Crippen molar-refractivity contribution in [2.75, 3.05) is 14.1 Å². The van der Waals surface area contributed by atoms with E-state index in [4.69, 9.17) is 4.74 Å². The Hall–Kier alpha value is -3.48. The Morgan fingerprint density at radius 2 is 1.92 bits per heavy atom. The normalized spacial score (nSPS) is 15.9. The predicted molar refractivity (Wildman–Crippen MR) is 92.7 cm³/mol. The smallest absolute Gasteiger partial charge is 0.366 e. The Labute approximate surface area is 143 Å². The summed E-state index contributed by atoms with van der Waals surface area (Å²) in [5.41, 5.74) is 2.94. The van der Waals surface area contributed by atoms with Crippen LogP contribution in [0.5, 0.6) is 0 Å². The highest BCUT2D eigenvalue weighted by molar-refractivity contribution is 6.13. The fraction of sp³-hybridized carbons (Fsp3) is 0.111. The molecule has 0 saturated heterocycles. The number of aromatic nitrogens is 3. The molecule has 1 aliphatic rings. The average molecular weight is 333 g/mol. The van der Waals surface area contributed by atoms with E-state index in [-0.39, 0.29) is 5.70 Å². The quantitative estimate of drug-likeness (QED) is 0.541. The Kier molecular flexibility index (Phi) is 3.53. The molecule has 1 aromatic carbocycles. The number of aliphatic imine (C=N–C) groups is 1. The van der Waals surface area contributed by atoms with Crippen molar-refractivity contribution in [1.82, 2.24) is 19.5 Å². The largest absolute Gasteiger partial charge is 0.402 e. The molecule has 0 atom stereocenters. The Morgan fingerprint density at radius 1 is 1.12 bits per heavy atom. The lowest BCUT2D eigenvalue weighted by molar-refractivity contribution is -0.130. The molecular weight excluding hydrogens is 318 g/mol. The Bertz CT molecular complexity index is 1020. The number of fused-ring (bicyclic) bond motifs is 1. The van der Waals surface area contributed by atoms with E-state index in [9.17, 15) is 4.79 Å². The highest BCUT2D eigenvalue weighted by atomic mass is 16.6. The highest BCUT2D eigenvalue weighted by Gasteiger charge is 2.30. The SMILES string of the molecule is CN(C)C(=C1N=C(c2ccccc2)OC1=O)c1cnc2cccnn12. The van der Waals surface area contributed by atoms with Crippen LogP contribution in [0.3, 0.4) is 0 Å². The van der Waals surface area contributed by atoms with Gasteiger partial charge in [-0.1, -0.05) is 18.2 Å². The van der Waals surface area contributed by atoms with Crippen LogP contribution < -0.4 is 0 Å². The summed E-state index contributed by atoms with van der Waals surface area (Å²) in [6.07, 6.45) is 3.34. The number of carbonyl (C=O) groups is 1. The first-order valence-corrected chi connectivity index (χ1v) is 7.72. The number of esters is 1. The summed E-state index contributed by atoms with van der Waals surface area (Å²) in [7, 11) is 3.68. The molecule has 25 heavy (non-hydrogen) atoms. The van der Waals surface area contributed by atoms with Gasteiger partial charge < -0.3 is 9.64 Å². The molecule has 7 heteroatoms. The van der Waals surface area contributed by atoms with Crippen LogP contribution in [-0.2, 0) is 9.53 Å².